The van der Waals surface area contributed by atoms with Gasteiger partial charge in [-0.1, -0.05) is 43.0 Å². The highest BCUT2D eigenvalue weighted by molar-refractivity contribution is 6.31. The van der Waals surface area contributed by atoms with Gasteiger partial charge in [0.05, 0.1) is 10.7 Å². The average Bonchev–Trinajstić information content (AvgIpc) is 2.89. The summed E-state index contributed by atoms with van der Waals surface area (Å²) >= 11 is 5.92. The van der Waals surface area contributed by atoms with Gasteiger partial charge < -0.3 is 0 Å². The van der Waals surface area contributed by atoms with Crippen LogP contribution >= 0.6 is 11.6 Å². The van der Waals surface area contributed by atoms with E-state index in [0.29, 0.717) is 0 Å². The lowest BCUT2D eigenvalue weighted by Crippen LogP contribution is -2.28. The van der Waals surface area contributed by atoms with Crippen LogP contribution in [-0.4, -0.2) is 6.21 Å². The van der Waals surface area contributed by atoms with Crippen LogP contribution < -0.4 is 0 Å². The third-order valence-electron chi connectivity index (χ3n) is 4.98. The monoisotopic (exact) mass is 313 g/mol. The van der Waals surface area contributed by atoms with Gasteiger partial charge in [0.1, 0.15) is 5.82 Å². The molecule has 112 valence electrons. The largest absolute Gasteiger partial charge is 0.260 e. The Labute approximate surface area is 134 Å². The van der Waals surface area contributed by atoms with Crippen LogP contribution in [0.2, 0.25) is 5.02 Å². The molecule has 1 fully saturated rings. The normalized spacial score (nSPS) is 18.6. The first-order chi connectivity index (χ1) is 10.7. The van der Waals surface area contributed by atoms with Gasteiger partial charge >= 0.3 is 0 Å². The smallest absolute Gasteiger partial charge is 0.141 e. The molecule has 2 aliphatic rings. The van der Waals surface area contributed by atoms with Gasteiger partial charge in [-0.2, -0.15) is 0 Å². The van der Waals surface area contributed by atoms with E-state index in [2.05, 4.69) is 23.3 Å². The number of aliphatic imine (C=N–C) groups is 1. The molecule has 1 heterocycles. The number of benzene rings is 2. The van der Waals surface area contributed by atoms with Crippen molar-refractivity contribution in [2.45, 2.75) is 37.5 Å². The average molecular weight is 314 g/mol. The minimum Gasteiger partial charge on any atom is -0.260 e. The van der Waals surface area contributed by atoms with Crippen LogP contribution in [0.1, 0.15) is 37.7 Å². The van der Waals surface area contributed by atoms with Gasteiger partial charge in [-0.15, -0.1) is 0 Å². The Bertz CT molecular complexity index is 760. The molecule has 1 saturated carbocycles. The molecule has 2 aromatic carbocycles. The predicted octanol–water partition coefficient (Wildman–Crippen LogP) is 6.06. The van der Waals surface area contributed by atoms with Crippen molar-refractivity contribution in [2.75, 3.05) is 0 Å². The summed E-state index contributed by atoms with van der Waals surface area (Å²) in [6.45, 7) is 0. The van der Waals surface area contributed by atoms with Crippen LogP contribution in [0, 0.1) is 5.82 Å². The van der Waals surface area contributed by atoms with E-state index in [1.807, 2.05) is 6.07 Å². The Morgan fingerprint density at radius 3 is 2.45 bits per heavy atom. The molecule has 4 rings (SSSR count). The summed E-state index contributed by atoms with van der Waals surface area (Å²) in [5.74, 6) is -0.376. The van der Waals surface area contributed by atoms with Crippen molar-refractivity contribution in [3.63, 3.8) is 0 Å². The molecule has 22 heavy (non-hydrogen) atoms. The first-order valence-electron chi connectivity index (χ1n) is 7.83. The molecule has 0 radical (unpaired) electrons. The number of hydrogen-bond donors (Lipinski definition) is 0. The van der Waals surface area contributed by atoms with Crippen LogP contribution in [0.3, 0.4) is 0 Å². The molecule has 2 aromatic rings. The summed E-state index contributed by atoms with van der Waals surface area (Å²) in [7, 11) is 0. The molecule has 0 amide bonds. The molecule has 1 aliphatic carbocycles. The van der Waals surface area contributed by atoms with Crippen molar-refractivity contribution in [1.29, 1.82) is 0 Å². The van der Waals surface area contributed by atoms with Crippen LogP contribution in [0.5, 0.6) is 0 Å². The first-order valence-corrected chi connectivity index (χ1v) is 8.21. The van der Waals surface area contributed by atoms with Gasteiger partial charge in [-0.25, -0.2) is 4.39 Å². The fourth-order valence-electron chi connectivity index (χ4n) is 3.75. The molecule has 1 spiro atoms. The molecule has 3 heteroatoms. The van der Waals surface area contributed by atoms with Gasteiger partial charge in [-0.3, -0.25) is 4.99 Å². The molecule has 0 aromatic heterocycles. The lowest BCUT2D eigenvalue weighted by Gasteiger charge is -2.32. The van der Waals surface area contributed by atoms with Crippen molar-refractivity contribution in [2.24, 2.45) is 4.99 Å². The summed E-state index contributed by atoms with van der Waals surface area (Å²) < 4.78 is 13.4. The zero-order chi connectivity index (χ0) is 15.2. The van der Waals surface area contributed by atoms with E-state index >= 15 is 0 Å². The third-order valence-corrected chi connectivity index (χ3v) is 5.27. The highest BCUT2D eigenvalue weighted by Crippen LogP contribution is 2.47. The Morgan fingerprint density at radius 1 is 0.955 bits per heavy atom. The van der Waals surface area contributed by atoms with Gasteiger partial charge in [0, 0.05) is 11.6 Å². The van der Waals surface area contributed by atoms with Crippen LogP contribution in [-0.2, 0) is 5.41 Å². The molecule has 0 N–H and O–H groups in total. The number of halogens is 2. The standard InChI is InChI=1S/C19H17ClFN/c20-16-11-14(4-6-17(16)21)13-5-7-18-15(10-13)19(12-22-18)8-2-1-3-9-19/h4-7,10-12H,1-3,8-9H2. The lowest BCUT2D eigenvalue weighted by atomic mass is 9.70. The maximum atomic E-state index is 13.4. The van der Waals surface area contributed by atoms with Gasteiger partial charge in [0.2, 0.25) is 0 Å². The van der Waals surface area contributed by atoms with E-state index in [1.54, 1.807) is 12.1 Å². The molecule has 0 unspecified atom stereocenters. The molecular weight excluding hydrogens is 297 g/mol. The zero-order valence-corrected chi connectivity index (χ0v) is 13.0. The first kappa shape index (κ1) is 14.0. The highest BCUT2D eigenvalue weighted by atomic mass is 35.5. The quantitative estimate of drug-likeness (QED) is 0.606. The highest BCUT2D eigenvalue weighted by Gasteiger charge is 2.37. The Hall–Kier alpha value is -1.67. The lowest BCUT2D eigenvalue weighted by molar-refractivity contribution is 0.391. The SMILES string of the molecule is Fc1ccc(-c2ccc3c(c2)C2(C=N3)CCCCC2)cc1Cl. The molecule has 0 bridgehead atoms. The molecule has 0 saturated heterocycles. The fourth-order valence-corrected chi connectivity index (χ4v) is 3.93. The number of rotatable bonds is 1. The summed E-state index contributed by atoms with van der Waals surface area (Å²) in [5, 5.41) is 0.168. The van der Waals surface area contributed by atoms with E-state index in [0.717, 1.165) is 16.8 Å². The molecular formula is C19H17ClFN. The van der Waals surface area contributed by atoms with E-state index in [9.17, 15) is 4.39 Å². The van der Waals surface area contributed by atoms with E-state index in [-0.39, 0.29) is 16.3 Å². The zero-order valence-electron chi connectivity index (χ0n) is 12.3. The van der Waals surface area contributed by atoms with Crippen molar-refractivity contribution in [1.82, 2.24) is 0 Å². The Kier molecular flexibility index (Phi) is 3.30. The number of nitrogens with zero attached hydrogens (tertiary/aromatic N) is 1. The Balaban J connectivity index is 1.78. The van der Waals surface area contributed by atoms with Crippen LogP contribution in [0.25, 0.3) is 11.1 Å². The van der Waals surface area contributed by atoms with Gasteiger partial charge in [0.25, 0.3) is 0 Å². The summed E-state index contributed by atoms with van der Waals surface area (Å²) in [6, 6.07) is 11.2. The topological polar surface area (TPSA) is 12.4 Å². The minimum atomic E-state index is -0.376. The number of hydrogen-bond acceptors (Lipinski definition) is 1. The molecule has 0 atom stereocenters. The van der Waals surface area contributed by atoms with E-state index in [4.69, 9.17) is 11.6 Å². The third kappa shape index (κ3) is 2.17. The number of fused-ring (bicyclic) bond motifs is 2. The van der Waals surface area contributed by atoms with Gasteiger partial charge in [0.15, 0.2) is 0 Å². The summed E-state index contributed by atoms with van der Waals surface area (Å²) in [4.78, 5) is 4.63. The summed E-state index contributed by atoms with van der Waals surface area (Å²) in [5.41, 5.74) is 4.56. The van der Waals surface area contributed by atoms with Crippen molar-refractivity contribution < 1.29 is 4.39 Å². The second-order valence-corrected chi connectivity index (χ2v) is 6.74. The van der Waals surface area contributed by atoms with Crippen LogP contribution in [0.15, 0.2) is 41.4 Å². The van der Waals surface area contributed by atoms with Crippen molar-refractivity contribution in [3.05, 3.63) is 52.8 Å². The molecule has 1 aliphatic heterocycles. The second kappa shape index (κ2) is 5.20. The maximum absolute atomic E-state index is 13.4. The molecule has 1 nitrogen and oxygen atoms in total. The van der Waals surface area contributed by atoms with Crippen LogP contribution in [0.4, 0.5) is 10.1 Å². The van der Waals surface area contributed by atoms with Crippen molar-refractivity contribution >= 4 is 23.5 Å². The predicted molar refractivity (Wildman–Crippen MR) is 89.8 cm³/mol. The summed E-state index contributed by atoms with van der Waals surface area (Å²) in [6.07, 6.45) is 8.35. The van der Waals surface area contributed by atoms with E-state index in [1.165, 1.54) is 43.7 Å². The second-order valence-electron chi connectivity index (χ2n) is 6.34. The van der Waals surface area contributed by atoms with Crippen molar-refractivity contribution in [3.8, 4) is 11.1 Å². The van der Waals surface area contributed by atoms with Gasteiger partial charge in [-0.05, 0) is 53.8 Å². The van der Waals surface area contributed by atoms with E-state index < -0.39 is 0 Å². The maximum Gasteiger partial charge on any atom is 0.141 e. The fraction of sp³-hybridized carbons (Fsp3) is 0.316. The minimum absolute atomic E-state index is 0.118. The Morgan fingerprint density at radius 2 is 1.68 bits per heavy atom.